The van der Waals surface area contributed by atoms with Gasteiger partial charge in [0, 0.05) is 6.07 Å². The van der Waals surface area contributed by atoms with Crippen molar-refractivity contribution in [3.63, 3.8) is 0 Å². The Hall–Kier alpha value is -2.69. The number of ether oxygens (including phenoxy) is 1. The summed E-state index contributed by atoms with van der Waals surface area (Å²) in [6.45, 7) is 5.16. The molecule has 0 aromatic heterocycles. The van der Waals surface area contributed by atoms with Crippen LogP contribution in [-0.4, -0.2) is 16.5 Å². The van der Waals surface area contributed by atoms with Crippen LogP contribution in [0, 0.1) is 10.1 Å². The fraction of sp³-hybridized carbons (Fsp3) is 0.235. The molecule has 0 unspecified atom stereocenters. The third-order valence-electron chi connectivity index (χ3n) is 2.92. The minimum absolute atomic E-state index is 0.0405. The molecule has 5 nitrogen and oxygen atoms in total. The number of nitro groups is 1. The molecule has 2 aromatic rings. The molecule has 2 aromatic carbocycles. The van der Waals surface area contributed by atoms with Crippen LogP contribution >= 0.6 is 0 Å². The van der Waals surface area contributed by atoms with E-state index in [0.717, 1.165) is 11.1 Å². The van der Waals surface area contributed by atoms with Crippen molar-refractivity contribution >= 4 is 11.7 Å². The Kier molecular flexibility index (Phi) is 4.26. The van der Waals surface area contributed by atoms with Gasteiger partial charge in [0.2, 0.25) is 0 Å². The monoisotopic (exact) mass is 299 g/mol. The van der Waals surface area contributed by atoms with Gasteiger partial charge in [-0.05, 0) is 44.0 Å². The quantitative estimate of drug-likeness (QED) is 0.483. The van der Waals surface area contributed by atoms with Gasteiger partial charge in [0.1, 0.15) is 11.2 Å². The second kappa shape index (κ2) is 5.97. The third kappa shape index (κ3) is 3.69. The van der Waals surface area contributed by atoms with Crippen molar-refractivity contribution in [2.45, 2.75) is 26.4 Å². The lowest BCUT2D eigenvalue weighted by Crippen LogP contribution is -2.24. The van der Waals surface area contributed by atoms with Crippen LogP contribution in [0.15, 0.2) is 48.5 Å². The minimum atomic E-state index is -0.715. The lowest BCUT2D eigenvalue weighted by Gasteiger charge is -2.19. The molecule has 0 atom stereocenters. The number of nitrogens with zero attached hydrogens (tertiary/aromatic N) is 1. The van der Waals surface area contributed by atoms with Gasteiger partial charge in [-0.1, -0.05) is 30.3 Å². The van der Waals surface area contributed by atoms with Crippen molar-refractivity contribution in [1.29, 1.82) is 0 Å². The third-order valence-corrected chi connectivity index (χ3v) is 2.92. The normalized spacial score (nSPS) is 11.0. The molecule has 114 valence electrons. The van der Waals surface area contributed by atoms with Crippen LogP contribution in [0.25, 0.3) is 11.1 Å². The maximum absolute atomic E-state index is 12.2. The number of hydrogen-bond donors (Lipinski definition) is 0. The summed E-state index contributed by atoms with van der Waals surface area (Å²) in [6.07, 6.45) is 0. The summed E-state index contributed by atoms with van der Waals surface area (Å²) >= 11 is 0. The van der Waals surface area contributed by atoms with Gasteiger partial charge in [-0.3, -0.25) is 10.1 Å². The summed E-state index contributed by atoms with van der Waals surface area (Å²) < 4.78 is 5.26. The lowest BCUT2D eigenvalue weighted by molar-refractivity contribution is -0.385. The molecule has 0 aliphatic carbocycles. The maximum atomic E-state index is 12.2. The number of benzene rings is 2. The molecule has 0 aliphatic heterocycles. The van der Waals surface area contributed by atoms with E-state index in [1.54, 1.807) is 26.8 Å². The van der Waals surface area contributed by atoms with Crippen molar-refractivity contribution < 1.29 is 14.5 Å². The zero-order valence-corrected chi connectivity index (χ0v) is 12.7. The first-order valence-electron chi connectivity index (χ1n) is 6.85. The van der Waals surface area contributed by atoms with E-state index in [0.29, 0.717) is 0 Å². The Labute approximate surface area is 128 Å². The Balaban J connectivity index is 2.49. The Morgan fingerprint density at radius 2 is 1.68 bits per heavy atom. The number of hydrogen-bond acceptors (Lipinski definition) is 4. The van der Waals surface area contributed by atoms with E-state index < -0.39 is 16.5 Å². The fourth-order valence-corrected chi connectivity index (χ4v) is 2.00. The molecule has 22 heavy (non-hydrogen) atoms. The van der Waals surface area contributed by atoms with Crippen molar-refractivity contribution in [3.8, 4) is 11.1 Å². The molecular formula is C17H17NO4. The molecule has 0 aliphatic rings. The van der Waals surface area contributed by atoms with Gasteiger partial charge in [-0.25, -0.2) is 4.79 Å². The number of carbonyl (C=O) groups is 1. The van der Waals surface area contributed by atoms with Crippen LogP contribution in [0.3, 0.4) is 0 Å². The smallest absolute Gasteiger partial charge is 0.345 e. The Morgan fingerprint density at radius 1 is 1.05 bits per heavy atom. The van der Waals surface area contributed by atoms with Crippen LogP contribution < -0.4 is 0 Å². The summed E-state index contributed by atoms with van der Waals surface area (Å²) in [5, 5.41) is 11.1. The molecule has 0 heterocycles. The van der Waals surface area contributed by atoms with Crippen LogP contribution in [0.5, 0.6) is 0 Å². The fourth-order valence-electron chi connectivity index (χ4n) is 2.00. The van der Waals surface area contributed by atoms with Gasteiger partial charge in [0.15, 0.2) is 0 Å². The van der Waals surface area contributed by atoms with Crippen LogP contribution in [0.2, 0.25) is 0 Å². The maximum Gasteiger partial charge on any atom is 0.345 e. The highest BCUT2D eigenvalue weighted by Gasteiger charge is 2.26. The minimum Gasteiger partial charge on any atom is -0.456 e. The van der Waals surface area contributed by atoms with E-state index in [2.05, 4.69) is 0 Å². The second-order valence-corrected chi connectivity index (χ2v) is 5.86. The van der Waals surface area contributed by atoms with Gasteiger partial charge in [-0.2, -0.15) is 0 Å². The van der Waals surface area contributed by atoms with E-state index in [-0.39, 0.29) is 11.3 Å². The van der Waals surface area contributed by atoms with E-state index in [9.17, 15) is 14.9 Å². The van der Waals surface area contributed by atoms with E-state index in [1.165, 1.54) is 12.1 Å². The molecule has 0 bridgehead atoms. The molecular weight excluding hydrogens is 282 g/mol. The van der Waals surface area contributed by atoms with E-state index in [4.69, 9.17) is 4.74 Å². The average molecular weight is 299 g/mol. The molecule has 0 N–H and O–H groups in total. The molecule has 0 spiro atoms. The largest absolute Gasteiger partial charge is 0.456 e. The zero-order chi connectivity index (χ0) is 16.3. The summed E-state index contributed by atoms with van der Waals surface area (Å²) in [7, 11) is 0. The average Bonchev–Trinajstić information content (AvgIpc) is 2.45. The molecule has 2 rings (SSSR count). The predicted molar refractivity (Wildman–Crippen MR) is 83.7 cm³/mol. The molecule has 0 amide bonds. The van der Waals surface area contributed by atoms with E-state index in [1.807, 2.05) is 30.3 Å². The lowest BCUT2D eigenvalue weighted by atomic mass is 10.0. The summed E-state index contributed by atoms with van der Waals surface area (Å²) in [5.74, 6) is -0.697. The van der Waals surface area contributed by atoms with Crippen LogP contribution in [0.1, 0.15) is 31.1 Å². The van der Waals surface area contributed by atoms with Crippen molar-refractivity contribution in [3.05, 3.63) is 64.2 Å². The van der Waals surface area contributed by atoms with Crippen LogP contribution in [-0.2, 0) is 4.74 Å². The predicted octanol–water partition coefficient (Wildman–Crippen LogP) is 4.22. The Morgan fingerprint density at radius 3 is 2.23 bits per heavy atom. The number of esters is 1. The number of nitro benzene ring substituents is 1. The topological polar surface area (TPSA) is 69.4 Å². The standard InChI is InChI=1S/C17H17NO4/c1-17(2,3)22-16(19)14-11-13(9-10-15(14)18(20)21)12-7-5-4-6-8-12/h4-11H,1-3H3. The first-order valence-corrected chi connectivity index (χ1v) is 6.85. The SMILES string of the molecule is CC(C)(C)OC(=O)c1cc(-c2ccccc2)ccc1[N+](=O)[O-]. The Bertz CT molecular complexity index is 702. The van der Waals surface area contributed by atoms with Gasteiger partial charge < -0.3 is 4.74 Å². The molecule has 0 saturated heterocycles. The van der Waals surface area contributed by atoms with E-state index >= 15 is 0 Å². The van der Waals surface area contributed by atoms with Gasteiger partial charge in [0.05, 0.1) is 4.92 Å². The van der Waals surface area contributed by atoms with Gasteiger partial charge in [-0.15, -0.1) is 0 Å². The van der Waals surface area contributed by atoms with Gasteiger partial charge >= 0.3 is 5.97 Å². The zero-order valence-electron chi connectivity index (χ0n) is 12.7. The molecule has 0 fully saturated rings. The molecule has 0 radical (unpaired) electrons. The summed E-state index contributed by atoms with van der Waals surface area (Å²) in [5.41, 5.74) is 0.595. The van der Waals surface area contributed by atoms with Gasteiger partial charge in [0.25, 0.3) is 5.69 Å². The van der Waals surface area contributed by atoms with Crippen molar-refractivity contribution in [2.75, 3.05) is 0 Å². The highest BCUT2D eigenvalue weighted by atomic mass is 16.6. The highest BCUT2D eigenvalue weighted by Crippen LogP contribution is 2.28. The van der Waals surface area contributed by atoms with Crippen molar-refractivity contribution in [1.82, 2.24) is 0 Å². The van der Waals surface area contributed by atoms with Crippen LogP contribution in [0.4, 0.5) is 5.69 Å². The summed E-state index contributed by atoms with van der Waals surface area (Å²) in [6, 6.07) is 13.8. The first kappa shape index (κ1) is 15.7. The molecule has 0 saturated carbocycles. The number of rotatable bonds is 3. The highest BCUT2D eigenvalue weighted by molar-refractivity contribution is 5.95. The number of carbonyl (C=O) groups excluding carboxylic acids is 1. The van der Waals surface area contributed by atoms with Crippen molar-refractivity contribution in [2.24, 2.45) is 0 Å². The second-order valence-electron chi connectivity index (χ2n) is 5.86. The summed E-state index contributed by atoms with van der Waals surface area (Å²) in [4.78, 5) is 22.8. The first-order chi connectivity index (χ1) is 10.3. The molecule has 5 heteroatoms.